The Labute approximate surface area is 193 Å². The Morgan fingerprint density at radius 2 is 2.09 bits per heavy atom. The summed E-state index contributed by atoms with van der Waals surface area (Å²) in [6.07, 6.45) is 4.80. The Balaban J connectivity index is 1.41. The number of morpholine rings is 1. The van der Waals surface area contributed by atoms with E-state index in [1.54, 1.807) is 0 Å². The average Bonchev–Trinajstić information content (AvgIpc) is 3.21. The smallest absolute Gasteiger partial charge is 0.233 e. The van der Waals surface area contributed by atoms with Crippen LogP contribution in [0.5, 0.6) is 0 Å². The zero-order valence-corrected chi connectivity index (χ0v) is 19.2. The van der Waals surface area contributed by atoms with Gasteiger partial charge in [-0.2, -0.15) is 0 Å². The number of amides is 1. The molecule has 0 saturated carbocycles. The second-order valence-electron chi connectivity index (χ2n) is 9.91. The van der Waals surface area contributed by atoms with Crippen LogP contribution in [0, 0.1) is 12.3 Å². The Kier molecular flexibility index (Phi) is 5.01. The zero-order valence-electron chi connectivity index (χ0n) is 19.2. The van der Waals surface area contributed by atoms with E-state index < -0.39 is 0 Å². The van der Waals surface area contributed by atoms with Gasteiger partial charge in [0.05, 0.1) is 37.9 Å². The lowest BCUT2D eigenvalue weighted by molar-refractivity contribution is -0.169. The molecule has 3 aliphatic heterocycles. The van der Waals surface area contributed by atoms with Gasteiger partial charge in [0.1, 0.15) is 5.65 Å². The first-order chi connectivity index (χ1) is 16.0. The summed E-state index contributed by atoms with van der Waals surface area (Å²) in [5, 5.41) is 4.78. The number of aromatic nitrogens is 2. The molecule has 0 radical (unpaired) electrons. The van der Waals surface area contributed by atoms with Crippen molar-refractivity contribution >= 4 is 16.9 Å². The molecule has 2 N–H and O–H groups in total. The molecule has 172 valence electrons. The fourth-order valence-electron chi connectivity index (χ4n) is 5.32. The van der Waals surface area contributed by atoms with Crippen LogP contribution in [0.25, 0.3) is 22.2 Å². The standard InChI is InChI=1S/C26H30N4O3/c1-16-10-28-24-20(16)9-19(11-29-24)18-7-17-3-5-30(25(31)26(2)14-33-15-26)12-22(17)21(8-18)23-13-32-6-4-27-23/h7-11,23,27H,3-6,12-15H2,1-2H3,(H,28,29)/t23-/m0/s1. The molecule has 2 saturated heterocycles. The van der Waals surface area contributed by atoms with Crippen LogP contribution in [0.1, 0.15) is 35.2 Å². The summed E-state index contributed by atoms with van der Waals surface area (Å²) in [5.74, 6) is 0.208. The highest BCUT2D eigenvalue weighted by atomic mass is 16.5. The van der Waals surface area contributed by atoms with E-state index >= 15 is 0 Å². The molecule has 6 rings (SSSR count). The largest absolute Gasteiger partial charge is 0.379 e. The molecule has 2 aromatic heterocycles. The van der Waals surface area contributed by atoms with Crippen molar-refractivity contribution in [1.82, 2.24) is 20.2 Å². The highest BCUT2D eigenvalue weighted by molar-refractivity contribution is 5.85. The Morgan fingerprint density at radius 1 is 1.21 bits per heavy atom. The predicted octanol–water partition coefficient (Wildman–Crippen LogP) is 3.12. The minimum Gasteiger partial charge on any atom is -0.379 e. The van der Waals surface area contributed by atoms with E-state index in [2.05, 4.69) is 40.4 Å². The summed E-state index contributed by atoms with van der Waals surface area (Å²) in [4.78, 5) is 23.1. The number of rotatable bonds is 3. The van der Waals surface area contributed by atoms with Gasteiger partial charge in [-0.1, -0.05) is 6.07 Å². The molecule has 3 aliphatic rings. The van der Waals surface area contributed by atoms with Crippen LogP contribution in [0.2, 0.25) is 0 Å². The quantitative estimate of drug-likeness (QED) is 0.646. The molecule has 7 heteroatoms. The van der Waals surface area contributed by atoms with Crippen LogP contribution in [0.3, 0.4) is 0 Å². The normalized spacial score (nSPS) is 22.1. The van der Waals surface area contributed by atoms with Crippen LogP contribution in [0.15, 0.2) is 30.6 Å². The van der Waals surface area contributed by atoms with Gasteiger partial charge in [-0.15, -0.1) is 0 Å². The first kappa shape index (κ1) is 20.8. The molecular weight excluding hydrogens is 416 g/mol. The lowest BCUT2D eigenvalue weighted by atomic mass is 9.84. The van der Waals surface area contributed by atoms with Crippen molar-refractivity contribution in [3.05, 3.63) is 52.8 Å². The van der Waals surface area contributed by atoms with Crippen LogP contribution >= 0.6 is 0 Å². The molecule has 1 amide bonds. The maximum atomic E-state index is 13.2. The highest BCUT2D eigenvalue weighted by Gasteiger charge is 2.44. The van der Waals surface area contributed by atoms with Gasteiger partial charge in [0.25, 0.3) is 0 Å². The molecular formula is C26H30N4O3. The average molecular weight is 447 g/mol. The van der Waals surface area contributed by atoms with E-state index in [0.29, 0.717) is 26.4 Å². The van der Waals surface area contributed by atoms with Gasteiger partial charge in [-0.25, -0.2) is 4.98 Å². The number of pyridine rings is 1. The first-order valence-electron chi connectivity index (χ1n) is 11.8. The third kappa shape index (κ3) is 3.55. The molecule has 33 heavy (non-hydrogen) atoms. The molecule has 2 fully saturated rings. The van der Waals surface area contributed by atoms with E-state index in [1.807, 2.05) is 24.2 Å². The van der Waals surface area contributed by atoms with Crippen LogP contribution in [0.4, 0.5) is 0 Å². The molecule has 0 bridgehead atoms. The Hall–Kier alpha value is -2.74. The number of hydrogen-bond donors (Lipinski definition) is 2. The molecule has 0 spiro atoms. The number of benzene rings is 1. The van der Waals surface area contributed by atoms with Gasteiger partial charge in [-0.05, 0) is 60.2 Å². The molecule has 0 unspecified atom stereocenters. The maximum Gasteiger partial charge on any atom is 0.233 e. The van der Waals surface area contributed by atoms with Crippen molar-refractivity contribution in [2.75, 3.05) is 39.5 Å². The monoisotopic (exact) mass is 446 g/mol. The van der Waals surface area contributed by atoms with Crippen molar-refractivity contribution in [2.45, 2.75) is 32.9 Å². The van der Waals surface area contributed by atoms with Gasteiger partial charge >= 0.3 is 0 Å². The third-order valence-corrected chi connectivity index (χ3v) is 7.39. The van der Waals surface area contributed by atoms with Gasteiger partial charge < -0.3 is 24.7 Å². The van der Waals surface area contributed by atoms with Crippen molar-refractivity contribution in [3.63, 3.8) is 0 Å². The summed E-state index contributed by atoms with van der Waals surface area (Å²) in [7, 11) is 0. The first-order valence-corrected chi connectivity index (χ1v) is 11.8. The van der Waals surface area contributed by atoms with Crippen LogP contribution in [-0.2, 0) is 27.2 Å². The number of nitrogens with zero attached hydrogens (tertiary/aromatic N) is 2. The maximum absolute atomic E-state index is 13.2. The van der Waals surface area contributed by atoms with E-state index in [4.69, 9.17) is 9.47 Å². The molecule has 3 aromatic rings. The molecule has 1 aromatic carbocycles. The number of H-pyrrole nitrogens is 1. The van der Waals surface area contributed by atoms with E-state index in [0.717, 1.165) is 42.7 Å². The van der Waals surface area contributed by atoms with E-state index in [1.165, 1.54) is 27.8 Å². The van der Waals surface area contributed by atoms with Gasteiger partial charge in [0.2, 0.25) is 5.91 Å². The molecule has 1 atom stereocenters. The number of carbonyl (C=O) groups is 1. The van der Waals surface area contributed by atoms with Crippen molar-refractivity contribution in [3.8, 4) is 11.1 Å². The summed E-state index contributed by atoms with van der Waals surface area (Å²) < 4.78 is 11.2. The fraction of sp³-hybridized carbons (Fsp3) is 0.462. The second-order valence-corrected chi connectivity index (χ2v) is 9.91. The number of aryl methyl sites for hydroxylation is 1. The topological polar surface area (TPSA) is 79.5 Å². The third-order valence-electron chi connectivity index (χ3n) is 7.39. The molecule has 5 heterocycles. The summed E-state index contributed by atoms with van der Waals surface area (Å²) in [6, 6.07) is 6.91. The molecule has 0 aliphatic carbocycles. The van der Waals surface area contributed by atoms with E-state index in [9.17, 15) is 4.79 Å². The van der Waals surface area contributed by atoms with Crippen molar-refractivity contribution in [1.29, 1.82) is 0 Å². The van der Waals surface area contributed by atoms with Gasteiger partial charge in [-0.3, -0.25) is 4.79 Å². The highest BCUT2D eigenvalue weighted by Crippen LogP contribution is 2.36. The summed E-state index contributed by atoms with van der Waals surface area (Å²) >= 11 is 0. The SMILES string of the molecule is Cc1c[nH]c2ncc(-c3cc4c(c([C@@H]5COCCN5)c3)CN(C(=O)C3(C)COC3)CC4)cc12. The predicted molar refractivity (Wildman–Crippen MR) is 126 cm³/mol. The number of fused-ring (bicyclic) bond motifs is 2. The number of nitrogens with one attached hydrogen (secondary N) is 2. The van der Waals surface area contributed by atoms with Crippen molar-refractivity contribution in [2.24, 2.45) is 5.41 Å². The number of hydrogen-bond acceptors (Lipinski definition) is 5. The Morgan fingerprint density at radius 3 is 2.85 bits per heavy atom. The van der Waals surface area contributed by atoms with E-state index in [-0.39, 0.29) is 17.4 Å². The number of carbonyl (C=O) groups excluding carboxylic acids is 1. The molecule has 7 nitrogen and oxygen atoms in total. The van der Waals surface area contributed by atoms with Gasteiger partial charge in [0, 0.05) is 43.0 Å². The van der Waals surface area contributed by atoms with Crippen LogP contribution in [-0.4, -0.2) is 60.3 Å². The minimum absolute atomic E-state index is 0.121. The zero-order chi connectivity index (χ0) is 22.6. The second kappa shape index (κ2) is 7.94. The van der Waals surface area contributed by atoms with Crippen molar-refractivity contribution < 1.29 is 14.3 Å². The number of aromatic amines is 1. The summed E-state index contributed by atoms with van der Waals surface area (Å²) in [5.41, 5.74) is 7.84. The van der Waals surface area contributed by atoms with Gasteiger partial charge in [0.15, 0.2) is 0 Å². The lowest BCUT2D eigenvalue weighted by Crippen LogP contribution is -2.54. The minimum atomic E-state index is -0.376. The summed E-state index contributed by atoms with van der Waals surface area (Å²) in [6.45, 7) is 8.75. The fourth-order valence-corrected chi connectivity index (χ4v) is 5.32. The lowest BCUT2D eigenvalue weighted by Gasteiger charge is -2.42. The van der Waals surface area contributed by atoms with Crippen LogP contribution < -0.4 is 5.32 Å². The Bertz CT molecular complexity index is 1220. The number of ether oxygens (including phenoxy) is 2.